The molecule has 0 saturated carbocycles. The van der Waals surface area contributed by atoms with Gasteiger partial charge >= 0.3 is 0 Å². The van der Waals surface area contributed by atoms with Gasteiger partial charge in [0.1, 0.15) is 10.4 Å². The van der Waals surface area contributed by atoms with E-state index in [1.807, 2.05) is 24.3 Å². The summed E-state index contributed by atoms with van der Waals surface area (Å²) in [5.74, 6) is 0. The van der Waals surface area contributed by atoms with Gasteiger partial charge in [-0.1, -0.05) is 18.2 Å². The van der Waals surface area contributed by atoms with Gasteiger partial charge in [-0.15, -0.1) is 0 Å². The maximum atomic E-state index is 12.6. The molecule has 142 valence electrons. The number of sulfonamides is 1. The fourth-order valence-electron chi connectivity index (χ4n) is 3.23. The van der Waals surface area contributed by atoms with E-state index in [9.17, 15) is 8.42 Å². The van der Waals surface area contributed by atoms with Crippen molar-refractivity contribution in [3.05, 3.63) is 48.0 Å². The van der Waals surface area contributed by atoms with E-state index >= 15 is 0 Å². The largest absolute Gasteiger partial charge is 0.360 e. The van der Waals surface area contributed by atoms with Gasteiger partial charge < -0.3 is 9.80 Å². The second kappa shape index (κ2) is 7.26. The third-order valence-electron chi connectivity index (χ3n) is 4.92. The Bertz CT molecular complexity index is 1020. The highest BCUT2D eigenvalue weighted by Gasteiger charge is 2.20. The molecule has 27 heavy (non-hydrogen) atoms. The van der Waals surface area contributed by atoms with Crippen LogP contribution in [0.5, 0.6) is 0 Å². The van der Waals surface area contributed by atoms with Crippen LogP contribution in [0.4, 0.5) is 5.69 Å². The topological polar surface area (TPSA) is 92.8 Å². The van der Waals surface area contributed by atoms with Gasteiger partial charge in [0.15, 0.2) is 5.52 Å². The Morgan fingerprint density at radius 2 is 1.85 bits per heavy atom. The number of aromatic nitrogens is 2. The van der Waals surface area contributed by atoms with Crippen LogP contribution in [0.2, 0.25) is 0 Å². The fraction of sp³-hybridized carbons (Fsp3) is 0.333. The van der Waals surface area contributed by atoms with Crippen molar-refractivity contribution in [1.82, 2.24) is 15.0 Å². The van der Waals surface area contributed by atoms with Crippen molar-refractivity contribution >= 4 is 26.7 Å². The molecule has 9 heteroatoms. The summed E-state index contributed by atoms with van der Waals surface area (Å²) in [6, 6.07) is 12.8. The highest BCUT2D eigenvalue weighted by molar-refractivity contribution is 7.89. The van der Waals surface area contributed by atoms with Crippen molar-refractivity contribution in [2.24, 2.45) is 0 Å². The lowest BCUT2D eigenvalue weighted by Gasteiger charge is -2.31. The molecule has 0 spiro atoms. The van der Waals surface area contributed by atoms with E-state index in [-0.39, 0.29) is 17.0 Å². The number of hydrogen-bond donors (Lipinski definition) is 2. The van der Waals surface area contributed by atoms with Crippen LogP contribution in [0.1, 0.15) is 5.56 Å². The SMILES string of the molecule is C[NH+]1CCN(c2ccc(CNS(=O)(=O)c3cccc4nonc34)cc2)CC1. The molecule has 1 saturated heterocycles. The van der Waals surface area contributed by atoms with Crippen molar-refractivity contribution < 1.29 is 17.9 Å². The van der Waals surface area contributed by atoms with Crippen LogP contribution in [0.3, 0.4) is 0 Å². The summed E-state index contributed by atoms with van der Waals surface area (Å²) >= 11 is 0. The predicted octanol–water partition coefficient (Wildman–Crippen LogP) is 0.0360. The van der Waals surface area contributed by atoms with Crippen LogP contribution < -0.4 is 14.5 Å². The lowest BCUT2D eigenvalue weighted by atomic mass is 10.2. The van der Waals surface area contributed by atoms with E-state index in [4.69, 9.17) is 0 Å². The molecular weight excluding hydrogens is 366 g/mol. The van der Waals surface area contributed by atoms with Gasteiger partial charge in [0.05, 0.1) is 33.2 Å². The molecule has 1 aliphatic heterocycles. The second-order valence-electron chi connectivity index (χ2n) is 6.82. The third kappa shape index (κ3) is 3.80. The molecule has 1 fully saturated rings. The summed E-state index contributed by atoms with van der Waals surface area (Å²) in [6.07, 6.45) is 0. The molecule has 0 aliphatic carbocycles. The molecular formula is C18H22N5O3S+. The standard InChI is InChI=1S/C18H21N5O3S/c1-22-9-11-23(12-10-22)15-7-5-14(6-8-15)13-19-27(24,25)17-4-2-3-16-18(17)21-26-20-16/h2-8,19H,9-13H2,1H3/p+1. The summed E-state index contributed by atoms with van der Waals surface area (Å²) in [5.41, 5.74) is 2.72. The lowest BCUT2D eigenvalue weighted by Crippen LogP contribution is -3.12. The number of nitrogens with one attached hydrogen (secondary N) is 2. The van der Waals surface area contributed by atoms with Crippen molar-refractivity contribution in [1.29, 1.82) is 0 Å². The van der Waals surface area contributed by atoms with E-state index in [1.165, 1.54) is 11.8 Å². The van der Waals surface area contributed by atoms with Crippen LogP contribution >= 0.6 is 0 Å². The summed E-state index contributed by atoms with van der Waals surface area (Å²) < 4.78 is 32.5. The lowest BCUT2D eigenvalue weighted by molar-refractivity contribution is -0.880. The van der Waals surface area contributed by atoms with Gasteiger partial charge in [0.2, 0.25) is 10.0 Å². The minimum Gasteiger partial charge on any atom is -0.360 e. The number of fused-ring (bicyclic) bond motifs is 1. The molecule has 0 radical (unpaired) electrons. The van der Waals surface area contributed by atoms with E-state index in [0.29, 0.717) is 5.52 Å². The molecule has 2 heterocycles. The number of rotatable bonds is 5. The molecule has 2 N–H and O–H groups in total. The smallest absolute Gasteiger partial charge is 0.243 e. The Hall–Kier alpha value is -2.49. The molecule has 2 aromatic carbocycles. The van der Waals surface area contributed by atoms with Crippen molar-refractivity contribution in [3.63, 3.8) is 0 Å². The molecule has 4 rings (SSSR count). The van der Waals surface area contributed by atoms with Gasteiger partial charge in [-0.2, -0.15) is 0 Å². The van der Waals surface area contributed by atoms with Crippen molar-refractivity contribution in [3.8, 4) is 0 Å². The third-order valence-corrected chi connectivity index (χ3v) is 6.36. The Labute approximate surface area is 157 Å². The zero-order valence-electron chi connectivity index (χ0n) is 15.1. The number of benzene rings is 2. The summed E-state index contributed by atoms with van der Waals surface area (Å²) in [4.78, 5) is 3.98. The Morgan fingerprint density at radius 1 is 1.11 bits per heavy atom. The highest BCUT2D eigenvalue weighted by Crippen LogP contribution is 2.20. The molecule has 0 amide bonds. The number of anilines is 1. The molecule has 3 aromatic rings. The number of piperazine rings is 1. The molecule has 0 unspecified atom stereocenters. The van der Waals surface area contributed by atoms with Crippen molar-refractivity contribution in [2.45, 2.75) is 11.4 Å². The zero-order chi connectivity index (χ0) is 18.9. The molecule has 1 aliphatic rings. The maximum Gasteiger partial charge on any atom is 0.243 e. The quantitative estimate of drug-likeness (QED) is 0.641. The maximum absolute atomic E-state index is 12.6. The first-order chi connectivity index (χ1) is 13.0. The zero-order valence-corrected chi connectivity index (χ0v) is 15.9. The van der Waals surface area contributed by atoms with Gasteiger partial charge in [0.25, 0.3) is 0 Å². The van der Waals surface area contributed by atoms with Crippen LogP contribution in [-0.2, 0) is 16.6 Å². The Balaban J connectivity index is 1.44. The average Bonchev–Trinajstić information content (AvgIpc) is 3.16. The second-order valence-corrected chi connectivity index (χ2v) is 8.56. The average molecular weight is 388 g/mol. The normalized spacial score (nSPS) is 16.1. The summed E-state index contributed by atoms with van der Waals surface area (Å²) in [5, 5.41) is 7.38. The first-order valence-corrected chi connectivity index (χ1v) is 10.4. The van der Waals surface area contributed by atoms with Gasteiger partial charge in [-0.3, -0.25) is 0 Å². The van der Waals surface area contributed by atoms with Gasteiger partial charge in [-0.05, 0) is 40.1 Å². The predicted molar refractivity (Wildman–Crippen MR) is 101 cm³/mol. The van der Waals surface area contributed by atoms with Crippen LogP contribution in [0.25, 0.3) is 11.0 Å². The first kappa shape index (κ1) is 17.9. The molecule has 0 atom stereocenters. The fourth-order valence-corrected chi connectivity index (χ4v) is 4.39. The number of nitrogens with zero attached hydrogens (tertiary/aromatic N) is 3. The van der Waals surface area contributed by atoms with Crippen LogP contribution in [0, 0.1) is 0 Å². The van der Waals surface area contributed by atoms with E-state index < -0.39 is 10.0 Å². The minimum absolute atomic E-state index is 0.0674. The number of quaternary nitrogens is 1. The monoisotopic (exact) mass is 388 g/mol. The minimum atomic E-state index is -3.72. The first-order valence-electron chi connectivity index (χ1n) is 8.89. The van der Waals surface area contributed by atoms with Crippen LogP contribution in [0.15, 0.2) is 52.0 Å². The Morgan fingerprint density at radius 3 is 2.59 bits per heavy atom. The summed E-state index contributed by atoms with van der Waals surface area (Å²) in [7, 11) is -1.51. The molecule has 8 nitrogen and oxygen atoms in total. The number of hydrogen-bond acceptors (Lipinski definition) is 6. The number of likely N-dealkylation sites (N-methyl/N-ethyl adjacent to an activating group) is 1. The highest BCUT2D eigenvalue weighted by atomic mass is 32.2. The van der Waals surface area contributed by atoms with E-state index in [0.717, 1.165) is 31.7 Å². The molecule has 0 bridgehead atoms. The van der Waals surface area contributed by atoms with Crippen LogP contribution in [-0.4, -0.2) is 52.0 Å². The van der Waals surface area contributed by atoms with E-state index in [2.05, 4.69) is 31.6 Å². The van der Waals surface area contributed by atoms with Gasteiger partial charge in [-0.25, -0.2) is 17.8 Å². The van der Waals surface area contributed by atoms with Crippen molar-refractivity contribution in [2.75, 3.05) is 38.1 Å². The summed E-state index contributed by atoms with van der Waals surface area (Å²) in [6.45, 7) is 4.53. The van der Waals surface area contributed by atoms with E-state index in [1.54, 1.807) is 17.0 Å². The Kier molecular flexibility index (Phi) is 4.81. The molecule has 1 aromatic heterocycles. The van der Waals surface area contributed by atoms with Gasteiger partial charge in [0, 0.05) is 12.2 Å².